The molecule has 0 aromatic heterocycles. The lowest BCUT2D eigenvalue weighted by atomic mass is 10.2. The molecular weight excluding hydrogens is 268 g/mol. The first kappa shape index (κ1) is 13.8. The molecule has 0 spiro atoms. The van der Waals surface area contributed by atoms with E-state index in [1.54, 1.807) is 6.07 Å². The summed E-state index contributed by atoms with van der Waals surface area (Å²) in [6.45, 7) is 0. The molecule has 0 amide bonds. The first-order chi connectivity index (χ1) is 8.89. The second-order valence-corrected chi connectivity index (χ2v) is 6.79. The van der Waals surface area contributed by atoms with Crippen LogP contribution in [0.3, 0.4) is 0 Å². The summed E-state index contributed by atoms with van der Waals surface area (Å²) in [5, 5.41) is 14.3. The average Bonchev–Trinajstić information content (AvgIpc) is 2.80. The third kappa shape index (κ3) is 3.04. The van der Waals surface area contributed by atoms with Crippen LogP contribution in [0.1, 0.15) is 25.7 Å². The van der Waals surface area contributed by atoms with E-state index in [4.69, 9.17) is 0 Å². The molecule has 0 unspecified atom stereocenters. The first-order valence-corrected chi connectivity index (χ1v) is 8.03. The number of hydrogen-bond donors (Lipinski definition) is 1. The fourth-order valence-corrected chi connectivity index (χ4v) is 3.28. The van der Waals surface area contributed by atoms with Crippen molar-refractivity contribution >= 4 is 21.2 Å². The van der Waals surface area contributed by atoms with E-state index in [0.717, 1.165) is 31.9 Å². The third-order valence-corrected chi connectivity index (χ3v) is 4.42. The van der Waals surface area contributed by atoms with Crippen molar-refractivity contribution in [2.45, 2.75) is 36.6 Å². The van der Waals surface area contributed by atoms with Crippen molar-refractivity contribution in [3.8, 4) is 0 Å². The fourth-order valence-electron chi connectivity index (χ4n) is 2.42. The van der Waals surface area contributed by atoms with Crippen LogP contribution < -0.4 is 5.32 Å². The molecule has 1 aliphatic rings. The van der Waals surface area contributed by atoms with E-state index in [0.29, 0.717) is 5.69 Å². The number of para-hydroxylation sites is 1. The average molecular weight is 284 g/mol. The number of nitro groups is 1. The molecule has 1 aromatic carbocycles. The quantitative estimate of drug-likeness (QED) is 0.677. The second kappa shape index (κ2) is 5.16. The second-order valence-electron chi connectivity index (χ2n) is 4.81. The maximum atomic E-state index is 11.6. The number of anilines is 1. The smallest absolute Gasteiger partial charge is 0.310 e. The number of benzene rings is 1. The van der Waals surface area contributed by atoms with Gasteiger partial charge in [-0.3, -0.25) is 10.1 Å². The molecule has 1 fully saturated rings. The molecule has 0 radical (unpaired) electrons. The van der Waals surface area contributed by atoms with Gasteiger partial charge in [0, 0.05) is 12.3 Å². The number of rotatable bonds is 4. The van der Waals surface area contributed by atoms with E-state index in [9.17, 15) is 18.5 Å². The molecule has 0 atom stereocenters. The zero-order valence-electron chi connectivity index (χ0n) is 10.6. The van der Waals surface area contributed by atoms with Gasteiger partial charge in [0.05, 0.1) is 4.92 Å². The summed E-state index contributed by atoms with van der Waals surface area (Å²) >= 11 is 0. The highest BCUT2D eigenvalue weighted by atomic mass is 32.2. The highest BCUT2D eigenvalue weighted by molar-refractivity contribution is 7.90. The van der Waals surface area contributed by atoms with Crippen molar-refractivity contribution in [2.24, 2.45) is 0 Å². The Hall–Kier alpha value is -1.63. The molecule has 1 saturated carbocycles. The summed E-state index contributed by atoms with van der Waals surface area (Å²) < 4.78 is 23.2. The maximum Gasteiger partial charge on any atom is 0.310 e. The lowest BCUT2D eigenvalue weighted by Gasteiger charge is -2.14. The van der Waals surface area contributed by atoms with Gasteiger partial charge in [-0.1, -0.05) is 18.9 Å². The molecule has 0 saturated heterocycles. The summed E-state index contributed by atoms with van der Waals surface area (Å²) in [6.07, 6.45) is 5.09. The van der Waals surface area contributed by atoms with Gasteiger partial charge >= 0.3 is 5.69 Å². The molecule has 104 valence electrons. The van der Waals surface area contributed by atoms with Gasteiger partial charge in [-0.15, -0.1) is 0 Å². The summed E-state index contributed by atoms with van der Waals surface area (Å²) in [6, 6.07) is 4.55. The van der Waals surface area contributed by atoms with Crippen LogP contribution in [0.25, 0.3) is 0 Å². The minimum Gasteiger partial charge on any atom is -0.377 e. The van der Waals surface area contributed by atoms with Crippen LogP contribution in [0.15, 0.2) is 23.1 Å². The van der Waals surface area contributed by atoms with Crippen molar-refractivity contribution in [1.82, 2.24) is 0 Å². The Bertz CT molecular complexity index is 592. The lowest BCUT2D eigenvalue weighted by molar-refractivity contribution is -0.386. The minimum atomic E-state index is -3.62. The van der Waals surface area contributed by atoms with E-state index >= 15 is 0 Å². The summed E-state index contributed by atoms with van der Waals surface area (Å²) in [5.41, 5.74) is -0.0586. The SMILES string of the molecule is CS(=O)(=O)c1cccc(NC2CCCC2)c1[N+](=O)[O-]. The van der Waals surface area contributed by atoms with Gasteiger partial charge in [-0.2, -0.15) is 0 Å². The van der Waals surface area contributed by atoms with Gasteiger partial charge in [0.2, 0.25) is 0 Å². The lowest BCUT2D eigenvalue weighted by Crippen LogP contribution is -2.16. The summed E-state index contributed by atoms with van der Waals surface area (Å²) in [4.78, 5) is 10.3. The Labute approximate surface area is 111 Å². The number of nitrogens with one attached hydrogen (secondary N) is 1. The van der Waals surface area contributed by atoms with Gasteiger partial charge in [0.25, 0.3) is 0 Å². The summed E-state index contributed by atoms with van der Waals surface area (Å²) in [7, 11) is -3.62. The Kier molecular flexibility index (Phi) is 3.75. The van der Waals surface area contributed by atoms with Crippen LogP contribution in [0.5, 0.6) is 0 Å². The molecular formula is C12H16N2O4S. The zero-order chi connectivity index (χ0) is 14.0. The van der Waals surface area contributed by atoms with Crippen LogP contribution in [0.2, 0.25) is 0 Å². The normalized spacial score (nSPS) is 16.5. The molecule has 6 nitrogen and oxygen atoms in total. The third-order valence-electron chi connectivity index (χ3n) is 3.30. The largest absolute Gasteiger partial charge is 0.377 e. The Morgan fingerprint density at radius 1 is 1.32 bits per heavy atom. The van der Waals surface area contributed by atoms with Crippen LogP contribution in [-0.2, 0) is 9.84 Å². The Morgan fingerprint density at radius 2 is 1.95 bits per heavy atom. The van der Waals surface area contributed by atoms with Crippen LogP contribution in [-0.4, -0.2) is 25.6 Å². The molecule has 1 aromatic rings. The molecule has 1 aliphatic carbocycles. The number of nitrogens with zero attached hydrogens (tertiary/aromatic N) is 1. The standard InChI is InChI=1S/C12H16N2O4S/c1-19(17,18)11-8-4-7-10(12(11)14(15)16)13-9-5-2-3-6-9/h4,7-9,13H,2-3,5-6H2,1H3. The highest BCUT2D eigenvalue weighted by Gasteiger charge is 2.27. The van der Waals surface area contributed by atoms with Gasteiger partial charge < -0.3 is 5.32 Å². The van der Waals surface area contributed by atoms with Crippen molar-refractivity contribution in [1.29, 1.82) is 0 Å². The molecule has 0 aliphatic heterocycles. The van der Waals surface area contributed by atoms with Gasteiger partial charge in [-0.25, -0.2) is 8.42 Å². The van der Waals surface area contributed by atoms with Crippen molar-refractivity contribution in [3.05, 3.63) is 28.3 Å². The molecule has 0 bridgehead atoms. The van der Waals surface area contributed by atoms with Crippen molar-refractivity contribution in [2.75, 3.05) is 11.6 Å². The molecule has 2 rings (SSSR count). The van der Waals surface area contributed by atoms with E-state index in [1.807, 2.05) is 0 Å². The van der Waals surface area contributed by atoms with E-state index in [-0.39, 0.29) is 16.6 Å². The van der Waals surface area contributed by atoms with E-state index < -0.39 is 14.8 Å². The molecule has 1 N–H and O–H groups in total. The number of nitro benzene ring substituents is 1. The first-order valence-electron chi connectivity index (χ1n) is 6.13. The topological polar surface area (TPSA) is 89.3 Å². The number of sulfone groups is 1. The Morgan fingerprint density at radius 3 is 2.47 bits per heavy atom. The zero-order valence-corrected chi connectivity index (χ0v) is 11.4. The van der Waals surface area contributed by atoms with Crippen molar-refractivity contribution < 1.29 is 13.3 Å². The Balaban J connectivity index is 2.45. The van der Waals surface area contributed by atoms with Gasteiger partial charge in [0.15, 0.2) is 9.84 Å². The van der Waals surface area contributed by atoms with Crippen LogP contribution in [0.4, 0.5) is 11.4 Å². The van der Waals surface area contributed by atoms with Gasteiger partial charge in [0.1, 0.15) is 10.6 Å². The molecule has 19 heavy (non-hydrogen) atoms. The minimum absolute atomic E-state index is 0.188. The highest BCUT2D eigenvalue weighted by Crippen LogP contribution is 2.34. The fraction of sp³-hybridized carbons (Fsp3) is 0.500. The van der Waals surface area contributed by atoms with Crippen molar-refractivity contribution in [3.63, 3.8) is 0 Å². The summed E-state index contributed by atoms with van der Waals surface area (Å²) in [5.74, 6) is 0. The molecule has 0 heterocycles. The maximum absolute atomic E-state index is 11.6. The predicted molar refractivity (Wildman–Crippen MR) is 72.1 cm³/mol. The van der Waals surface area contributed by atoms with E-state index in [1.165, 1.54) is 12.1 Å². The predicted octanol–water partition coefficient (Wildman–Crippen LogP) is 2.35. The van der Waals surface area contributed by atoms with Gasteiger partial charge in [-0.05, 0) is 25.0 Å². The van der Waals surface area contributed by atoms with E-state index in [2.05, 4.69) is 5.32 Å². The van der Waals surface area contributed by atoms with Crippen LogP contribution in [0, 0.1) is 10.1 Å². The molecule has 7 heteroatoms. The van der Waals surface area contributed by atoms with Crippen LogP contribution >= 0.6 is 0 Å². The number of hydrogen-bond acceptors (Lipinski definition) is 5. The monoisotopic (exact) mass is 284 g/mol.